The van der Waals surface area contributed by atoms with Crippen molar-refractivity contribution in [3.05, 3.63) is 28.8 Å². The molecule has 0 spiro atoms. The third-order valence-electron chi connectivity index (χ3n) is 3.79. The lowest BCUT2D eigenvalue weighted by Crippen LogP contribution is -2.43. The summed E-state index contributed by atoms with van der Waals surface area (Å²) in [5.41, 5.74) is 6.87. The molecule has 1 aliphatic heterocycles. The Balaban J connectivity index is 2.23. The number of amides is 1. The number of anilines is 1. The number of rotatable bonds is 3. The van der Waals surface area contributed by atoms with Gasteiger partial charge in [0.2, 0.25) is 0 Å². The second-order valence-corrected chi connectivity index (χ2v) is 5.55. The second-order valence-electron chi connectivity index (χ2n) is 5.14. The summed E-state index contributed by atoms with van der Waals surface area (Å²) in [6.45, 7) is 2.99. The number of para-hydroxylation sites is 1. The van der Waals surface area contributed by atoms with E-state index in [1.165, 1.54) is 6.42 Å². The molecule has 104 valence electrons. The molecular formula is C15H21ClN2O. The molecule has 1 heterocycles. The maximum Gasteiger partial charge on any atom is 0.256 e. The maximum atomic E-state index is 12.6. The first kappa shape index (κ1) is 14.2. The summed E-state index contributed by atoms with van der Waals surface area (Å²) in [5.74, 6) is 0.0261. The van der Waals surface area contributed by atoms with Crippen molar-refractivity contribution in [1.82, 2.24) is 4.90 Å². The van der Waals surface area contributed by atoms with Crippen molar-refractivity contribution in [2.24, 2.45) is 0 Å². The minimum absolute atomic E-state index is 0.0261. The third kappa shape index (κ3) is 3.03. The summed E-state index contributed by atoms with van der Waals surface area (Å²) in [4.78, 5) is 14.6. The standard InChI is InChI=1S/C15H21ClN2O/c1-2-6-11-7-3-4-10-18(11)15(19)12-8-5-9-13(16)14(12)17/h5,8-9,11H,2-4,6-7,10,17H2,1H3. The average molecular weight is 281 g/mol. The van der Waals surface area contributed by atoms with Gasteiger partial charge in [-0.15, -0.1) is 0 Å². The molecule has 2 rings (SSSR count). The zero-order valence-corrected chi connectivity index (χ0v) is 12.1. The van der Waals surface area contributed by atoms with E-state index in [1.807, 2.05) is 4.90 Å². The molecule has 3 nitrogen and oxygen atoms in total. The third-order valence-corrected chi connectivity index (χ3v) is 4.12. The second kappa shape index (κ2) is 6.29. The van der Waals surface area contributed by atoms with E-state index in [4.69, 9.17) is 17.3 Å². The number of nitrogens with zero attached hydrogens (tertiary/aromatic N) is 1. The molecule has 1 saturated heterocycles. The van der Waals surface area contributed by atoms with Gasteiger partial charge in [-0.2, -0.15) is 0 Å². The Labute approximate surface area is 119 Å². The van der Waals surface area contributed by atoms with Crippen LogP contribution in [0.5, 0.6) is 0 Å². The van der Waals surface area contributed by atoms with Crippen molar-refractivity contribution in [1.29, 1.82) is 0 Å². The van der Waals surface area contributed by atoms with Gasteiger partial charge in [-0.3, -0.25) is 4.79 Å². The van der Waals surface area contributed by atoms with Gasteiger partial charge in [-0.1, -0.05) is 31.0 Å². The smallest absolute Gasteiger partial charge is 0.256 e. The molecule has 1 aromatic rings. The van der Waals surface area contributed by atoms with E-state index in [-0.39, 0.29) is 5.91 Å². The van der Waals surface area contributed by atoms with E-state index in [9.17, 15) is 4.79 Å². The summed E-state index contributed by atoms with van der Waals surface area (Å²) >= 11 is 6.00. The Morgan fingerprint density at radius 1 is 1.47 bits per heavy atom. The van der Waals surface area contributed by atoms with Crippen molar-refractivity contribution in [2.45, 2.75) is 45.1 Å². The van der Waals surface area contributed by atoms with Gasteiger partial charge < -0.3 is 10.6 Å². The van der Waals surface area contributed by atoms with Crippen molar-refractivity contribution >= 4 is 23.2 Å². The van der Waals surface area contributed by atoms with Crippen LogP contribution >= 0.6 is 11.6 Å². The fourth-order valence-corrected chi connectivity index (χ4v) is 2.95. The summed E-state index contributed by atoms with van der Waals surface area (Å²) in [6, 6.07) is 5.61. The van der Waals surface area contributed by atoms with Crippen LogP contribution < -0.4 is 5.73 Å². The van der Waals surface area contributed by atoms with Gasteiger partial charge in [0.15, 0.2) is 0 Å². The predicted molar refractivity (Wildman–Crippen MR) is 79.4 cm³/mol. The van der Waals surface area contributed by atoms with Crippen LogP contribution in [-0.2, 0) is 0 Å². The highest BCUT2D eigenvalue weighted by molar-refractivity contribution is 6.33. The predicted octanol–water partition coefficient (Wildman–Crippen LogP) is 3.72. The summed E-state index contributed by atoms with van der Waals surface area (Å²) in [6.07, 6.45) is 5.54. The molecule has 4 heteroatoms. The molecule has 2 N–H and O–H groups in total. The van der Waals surface area contributed by atoms with Crippen molar-refractivity contribution < 1.29 is 4.79 Å². The van der Waals surface area contributed by atoms with Crippen LogP contribution in [0.3, 0.4) is 0 Å². The average Bonchev–Trinajstić information content (AvgIpc) is 2.42. The minimum Gasteiger partial charge on any atom is -0.397 e. The Morgan fingerprint density at radius 3 is 3.00 bits per heavy atom. The van der Waals surface area contributed by atoms with Crippen LogP contribution in [0.25, 0.3) is 0 Å². The lowest BCUT2D eigenvalue weighted by atomic mass is 9.97. The Kier molecular flexibility index (Phi) is 4.70. The highest BCUT2D eigenvalue weighted by atomic mass is 35.5. The van der Waals surface area contributed by atoms with Crippen LogP contribution in [0.4, 0.5) is 5.69 Å². The largest absolute Gasteiger partial charge is 0.397 e. The fourth-order valence-electron chi connectivity index (χ4n) is 2.78. The van der Waals surface area contributed by atoms with Gasteiger partial charge in [-0.25, -0.2) is 0 Å². The highest BCUT2D eigenvalue weighted by Gasteiger charge is 2.28. The number of benzene rings is 1. The molecule has 0 saturated carbocycles. The SMILES string of the molecule is CCCC1CCCCN1C(=O)c1cccc(Cl)c1N. The van der Waals surface area contributed by atoms with Crippen LogP contribution in [0.15, 0.2) is 18.2 Å². The molecule has 1 aliphatic rings. The van der Waals surface area contributed by atoms with Gasteiger partial charge in [0.25, 0.3) is 5.91 Å². The number of carbonyl (C=O) groups is 1. The van der Waals surface area contributed by atoms with E-state index in [0.717, 1.165) is 32.2 Å². The molecule has 1 fully saturated rings. The molecule has 1 aromatic carbocycles. The van der Waals surface area contributed by atoms with Crippen molar-refractivity contribution in [3.63, 3.8) is 0 Å². The summed E-state index contributed by atoms with van der Waals surface area (Å²) < 4.78 is 0. The fraction of sp³-hybridized carbons (Fsp3) is 0.533. The zero-order chi connectivity index (χ0) is 13.8. The number of halogens is 1. The van der Waals surface area contributed by atoms with Crippen LogP contribution in [0.1, 0.15) is 49.4 Å². The summed E-state index contributed by atoms with van der Waals surface area (Å²) in [7, 11) is 0. The number of likely N-dealkylation sites (tertiary alicyclic amines) is 1. The number of piperidine rings is 1. The molecule has 1 amide bonds. The Morgan fingerprint density at radius 2 is 2.26 bits per heavy atom. The molecule has 0 bridgehead atoms. The van der Waals surface area contributed by atoms with Gasteiger partial charge in [-0.05, 0) is 37.8 Å². The van der Waals surface area contributed by atoms with E-state index in [2.05, 4.69) is 6.92 Å². The lowest BCUT2D eigenvalue weighted by Gasteiger charge is -2.36. The first-order valence-corrected chi connectivity index (χ1v) is 7.38. The molecule has 19 heavy (non-hydrogen) atoms. The quantitative estimate of drug-likeness (QED) is 0.858. The minimum atomic E-state index is 0.0261. The first-order chi connectivity index (χ1) is 9.15. The van der Waals surface area contributed by atoms with Gasteiger partial charge in [0.1, 0.15) is 0 Å². The number of hydrogen-bond donors (Lipinski definition) is 1. The van der Waals surface area contributed by atoms with Crippen LogP contribution in [0, 0.1) is 0 Å². The molecule has 1 atom stereocenters. The highest BCUT2D eigenvalue weighted by Crippen LogP contribution is 2.27. The van der Waals surface area contributed by atoms with Crippen LogP contribution in [0.2, 0.25) is 5.02 Å². The van der Waals surface area contributed by atoms with E-state index in [0.29, 0.717) is 22.3 Å². The maximum absolute atomic E-state index is 12.6. The number of nitrogens with two attached hydrogens (primary N) is 1. The molecule has 0 aliphatic carbocycles. The van der Waals surface area contributed by atoms with Gasteiger partial charge in [0, 0.05) is 12.6 Å². The molecular weight excluding hydrogens is 260 g/mol. The lowest BCUT2D eigenvalue weighted by molar-refractivity contribution is 0.0602. The van der Waals surface area contributed by atoms with E-state index < -0.39 is 0 Å². The van der Waals surface area contributed by atoms with Crippen LogP contribution in [-0.4, -0.2) is 23.4 Å². The summed E-state index contributed by atoms with van der Waals surface area (Å²) in [5, 5.41) is 0.454. The number of carbonyl (C=O) groups excluding carboxylic acids is 1. The topological polar surface area (TPSA) is 46.3 Å². The molecule has 0 radical (unpaired) electrons. The zero-order valence-electron chi connectivity index (χ0n) is 11.4. The van der Waals surface area contributed by atoms with Gasteiger partial charge in [0.05, 0.1) is 16.3 Å². The van der Waals surface area contributed by atoms with Crippen molar-refractivity contribution in [3.8, 4) is 0 Å². The number of nitrogen functional groups attached to an aromatic ring is 1. The normalized spacial score (nSPS) is 19.5. The van der Waals surface area contributed by atoms with E-state index >= 15 is 0 Å². The number of hydrogen-bond acceptors (Lipinski definition) is 2. The molecule has 0 aromatic heterocycles. The molecule has 1 unspecified atom stereocenters. The van der Waals surface area contributed by atoms with Crippen molar-refractivity contribution in [2.75, 3.05) is 12.3 Å². The van der Waals surface area contributed by atoms with E-state index in [1.54, 1.807) is 18.2 Å². The Bertz CT molecular complexity index is 459. The van der Waals surface area contributed by atoms with Gasteiger partial charge >= 0.3 is 0 Å². The monoisotopic (exact) mass is 280 g/mol. The Hall–Kier alpha value is -1.22. The first-order valence-electron chi connectivity index (χ1n) is 7.00.